The lowest BCUT2D eigenvalue weighted by Crippen LogP contribution is -2.31. The van der Waals surface area contributed by atoms with Gasteiger partial charge in [0, 0.05) is 50.2 Å². The second kappa shape index (κ2) is 6.09. The highest BCUT2D eigenvalue weighted by Crippen LogP contribution is 2.38. The molecule has 4 rings (SSSR count). The van der Waals surface area contributed by atoms with E-state index in [9.17, 15) is 14.7 Å². The summed E-state index contributed by atoms with van der Waals surface area (Å²) in [6, 6.07) is 6.19. The highest BCUT2D eigenvalue weighted by Gasteiger charge is 2.40. The average Bonchev–Trinajstić information content (AvgIpc) is 2.99. The van der Waals surface area contributed by atoms with Crippen LogP contribution in [-0.2, 0) is 4.74 Å². The first-order valence-electron chi connectivity index (χ1n) is 8.61. The van der Waals surface area contributed by atoms with Gasteiger partial charge in [-0.05, 0) is 36.0 Å². The fourth-order valence-corrected chi connectivity index (χ4v) is 4.28. The predicted octanol–water partition coefficient (Wildman–Crippen LogP) is 2.02. The van der Waals surface area contributed by atoms with E-state index in [0.29, 0.717) is 25.6 Å². The zero-order valence-electron chi connectivity index (χ0n) is 13.5. The van der Waals surface area contributed by atoms with Crippen LogP contribution in [0.15, 0.2) is 18.2 Å². The Bertz CT molecular complexity index is 669. The first kappa shape index (κ1) is 15.4. The Morgan fingerprint density at radius 3 is 2.79 bits per heavy atom. The molecule has 24 heavy (non-hydrogen) atoms. The maximum Gasteiger partial charge on any atom is 0.407 e. The van der Waals surface area contributed by atoms with Gasteiger partial charge in [-0.2, -0.15) is 0 Å². The number of nitrogens with one attached hydrogen (secondary N) is 1. The molecule has 6 nitrogen and oxygen atoms in total. The van der Waals surface area contributed by atoms with Gasteiger partial charge in [-0.3, -0.25) is 4.79 Å². The topological polar surface area (TPSA) is 78.9 Å². The summed E-state index contributed by atoms with van der Waals surface area (Å²) in [6.07, 6.45) is 1.09. The van der Waals surface area contributed by atoms with Crippen molar-refractivity contribution in [2.45, 2.75) is 24.7 Å². The number of rotatable bonds is 1. The van der Waals surface area contributed by atoms with Crippen LogP contribution in [0, 0.1) is 5.92 Å². The van der Waals surface area contributed by atoms with Crippen molar-refractivity contribution in [3.05, 3.63) is 34.9 Å². The molecule has 2 unspecified atom stereocenters. The molecule has 128 valence electrons. The highest BCUT2D eigenvalue weighted by molar-refractivity contribution is 5.96. The predicted molar refractivity (Wildman–Crippen MR) is 87.4 cm³/mol. The number of hydrogen-bond donors (Lipinski definition) is 2. The van der Waals surface area contributed by atoms with Crippen LogP contribution in [0.5, 0.6) is 0 Å². The van der Waals surface area contributed by atoms with E-state index in [-0.39, 0.29) is 17.7 Å². The molecule has 1 aromatic rings. The maximum absolute atomic E-state index is 12.5. The van der Waals surface area contributed by atoms with Gasteiger partial charge in [0.1, 0.15) is 0 Å². The summed E-state index contributed by atoms with van der Waals surface area (Å²) in [5, 5.41) is 12.3. The Kier molecular flexibility index (Phi) is 3.92. The van der Waals surface area contributed by atoms with Gasteiger partial charge in [0.05, 0.1) is 0 Å². The largest absolute Gasteiger partial charge is 0.465 e. The third-order valence-corrected chi connectivity index (χ3v) is 5.65. The molecule has 1 aromatic carbocycles. The minimum atomic E-state index is -0.880. The molecule has 2 N–H and O–H groups in total. The molecule has 0 bridgehead atoms. The van der Waals surface area contributed by atoms with Gasteiger partial charge >= 0.3 is 6.09 Å². The van der Waals surface area contributed by atoms with Gasteiger partial charge < -0.3 is 20.1 Å². The van der Waals surface area contributed by atoms with Gasteiger partial charge in [0.15, 0.2) is 0 Å². The standard InChI is InChI=1S/C18H22N2O4/c21-17-15-7-12(11-3-5-24-6-4-11)1-2-14(15)16-10-20(18(22)23)9-13(16)8-19-17/h1-2,7,11,13,16H,3-6,8-10H2,(H,19,21)(H,22,23). The molecule has 0 radical (unpaired) electrons. The van der Waals surface area contributed by atoms with Crippen molar-refractivity contribution in [3.8, 4) is 0 Å². The minimum absolute atomic E-state index is 0.0322. The second-order valence-electron chi connectivity index (χ2n) is 7.00. The molecule has 3 aliphatic heterocycles. The quantitative estimate of drug-likeness (QED) is 0.826. The van der Waals surface area contributed by atoms with E-state index >= 15 is 0 Å². The third kappa shape index (κ3) is 2.65. The van der Waals surface area contributed by atoms with Gasteiger partial charge in [-0.25, -0.2) is 4.79 Å². The van der Waals surface area contributed by atoms with Crippen LogP contribution in [0.4, 0.5) is 4.79 Å². The van der Waals surface area contributed by atoms with E-state index in [2.05, 4.69) is 11.4 Å². The number of carboxylic acid groups (broad SMARTS) is 1. The average molecular weight is 330 g/mol. The molecule has 6 heteroatoms. The van der Waals surface area contributed by atoms with Crippen molar-refractivity contribution in [2.24, 2.45) is 5.92 Å². The Morgan fingerprint density at radius 2 is 2.04 bits per heavy atom. The summed E-state index contributed by atoms with van der Waals surface area (Å²) in [6.45, 7) is 3.03. The SMILES string of the molecule is O=C1NCC2CN(C(=O)O)CC2c2ccc(C3CCOCC3)cc21. The molecular weight excluding hydrogens is 308 g/mol. The van der Waals surface area contributed by atoms with Crippen LogP contribution in [0.25, 0.3) is 0 Å². The van der Waals surface area contributed by atoms with Crippen molar-refractivity contribution >= 4 is 12.0 Å². The Morgan fingerprint density at radius 1 is 1.25 bits per heavy atom. The minimum Gasteiger partial charge on any atom is -0.465 e. The Hall–Kier alpha value is -2.08. The number of carbonyl (C=O) groups excluding carboxylic acids is 1. The fourth-order valence-electron chi connectivity index (χ4n) is 4.28. The Labute approximate surface area is 140 Å². The van der Waals surface area contributed by atoms with Crippen LogP contribution in [0.3, 0.4) is 0 Å². The first-order chi connectivity index (χ1) is 11.6. The summed E-state index contributed by atoms with van der Waals surface area (Å²) in [5.41, 5.74) is 2.91. The number of amides is 2. The monoisotopic (exact) mass is 330 g/mol. The van der Waals surface area contributed by atoms with E-state index in [1.54, 1.807) is 0 Å². The van der Waals surface area contributed by atoms with E-state index < -0.39 is 6.09 Å². The zero-order valence-corrected chi connectivity index (χ0v) is 13.5. The molecule has 2 atom stereocenters. The lowest BCUT2D eigenvalue weighted by atomic mass is 9.84. The van der Waals surface area contributed by atoms with Gasteiger partial charge in [0.25, 0.3) is 5.91 Å². The smallest absolute Gasteiger partial charge is 0.407 e. The summed E-state index contributed by atoms with van der Waals surface area (Å²) in [5.74, 6) is 0.657. The lowest BCUT2D eigenvalue weighted by Gasteiger charge is -2.24. The van der Waals surface area contributed by atoms with Crippen molar-refractivity contribution in [2.75, 3.05) is 32.8 Å². The summed E-state index contributed by atoms with van der Waals surface area (Å²) >= 11 is 0. The van der Waals surface area contributed by atoms with E-state index in [4.69, 9.17) is 4.74 Å². The lowest BCUT2D eigenvalue weighted by molar-refractivity contribution is 0.0853. The van der Waals surface area contributed by atoms with E-state index in [1.807, 2.05) is 12.1 Å². The van der Waals surface area contributed by atoms with E-state index in [0.717, 1.165) is 37.2 Å². The molecule has 0 saturated carbocycles. The molecular formula is C18H22N2O4. The van der Waals surface area contributed by atoms with Gasteiger partial charge in [-0.1, -0.05) is 12.1 Å². The molecule has 3 heterocycles. The molecule has 2 amide bonds. The van der Waals surface area contributed by atoms with Crippen molar-refractivity contribution < 1.29 is 19.4 Å². The van der Waals surface area contributed by atoms with Crippen LogP contribution < -0.4 is 5.32 Å². The maximum atomic E-state index is 12.5. The molecule has 3 aliphatic rings. The van der Waals surface area contributed by atoms with Crippen LogP contribution in [0.1, 0.15) is 46.2 Å². The number of fused-ring (bicyclic) bond motifs is 3. The van der Waals surface area contributed by atoms with Crippen LogP contribution >= 0.6 is 0 Å². The first-order valence-corrected chi connectivity index (χ1v) is 8.61. The van der Waals surface area contributed by atoms with Crippen LogP contribution in [-0.4, -0.2) is 54.9 Å². The zero-order chi connectivity index (χ0) is 16.7. The highest BCUT2D eigenvalue weighted by atomic mass is 16.5. The van der Waals surface area contributed by atoms with Gasteiger partial charge in [-0.15, -0.1) is 0 Å². The molecule has 2 saturated heterocycles. The molecule has 0 aromatic heterocycles. The number of nitrogens with zero attached hydrogens (tertiary/aromatic N) is 1. The molecule has 0 spiro atoms. The van der Waals surface area contributed by atoms with Crippen molar-refractivity contribution in [1.82, 2.24) is 10.2 Å². The van der Waals surface area contributed by atoms with Crippen LogP contribution in [0.2, 0.25) is 0 Å². The number of carbonyl (C=O) groups is 2. The third-order valence-electron chi connectivity index (χ3n) is 5.65. The van der Waals surface area contributed by atoms with Crippen molar-refractivity contribution in [3.63, 3.8) is 0 Å². The summed E-state index contributed by atoms with van der Waals surface area (Å²) in [4.78, 5) is 25.3. The van der Waals surface area contributed by atoms with Crippen molar-refractivity contribution in [1.29, 1.82) is 0 Å². The number of benzene rings is 1. The summed E-state index contributed by atoms with van der Waals surface area (Å²) < 4.78 is 5.43. The number of hydrogen-bond acceptors (Lipinski definition) is 3. The molecule has 0 aliphatic carbocycles. The molecule has 2 fully saturated rings. The summed E-state index contributed by atoms with van der Waals surface area (Å²) in [7, 11) is 0. The van der Waals surface area contributed by atoms with Gasteiger partial charge in [0.2, 0.25) is 0 Å². The Balaban J connectivity index is 1.67. The normalized spacial score (nSPS) is 27.2. The fraction of sp³-hybridized carbons (Fsp3) is 0.556. The second-order valence-corrected chi connectivity index (χ2v) is 7.00. The number of likely N-dealkylation sites (tertiary alicyclic amines) is 1. The van der Waals surface area contributed by atoms with E-state index in [1.165, 1.54) is 10.5 Å². The number of ether oxygens (including phenoxy) is 1.